The van der Waals surface area contributed by atoms with Crippen LogP contribution in [0.5, 0.6) is 5.75 Å². The SMILES string of the molecule is COc1ccc(C[C@H](NC(=O)[C@H](Cc2ccccc2)NC(=O)OCc2ccccc2)C(=O)N[C@@H](CC(C)C)C(=O)c2ccco2)cc1. The fourth-order valence-corrected chi connectivity index (χ4v) is 5.01. The molecule has 0 aliphatic heterocycles. The molecule has 0 radical (unpaired) electrons. The van der Waals surface area contributed by atoms with Gasteiger partial charge in [-0.05, 0) is 53.3 Å². The predicted molar refractivity (Wildman–Crippen MR) is 177 cm³/mol. The van der Waals surface area contributed by atoms with Crippen LogP contribution < -0.4 is 20.7 Å². The van der Waals surface area contributed by atoms with Crippen LogP contribution in [0, 0.1) is 5.92 Å². The summed E-state index contributed by atoms with van der Waals surface area (Å²) in [6, 6.07) is 25.6. The quantitative estimate of drug-likeness (QED) is 0.142. The van der Waals surface area contributed by atoms with Gasteiger partial charge in [-0.3, -0.25) is 14.4 Å². The Morgan fingerprint density at radius 3 is 1.77 bits per heavy atom. The predicted octanol–water partition coefficient (Wildman–Crippen LogP) is 5.27. The molecular weight excluding hydrogens is 598 g/mol. The number of nitrogens with one attached hydrogen (secondary N) is 3. The van der Waals surface area contributed by atoms with Gasteiger partial charge in [0.1, 0.15) is 24.4 Å². The zero-order valence-electron chi connectivity index (χ0n) is 26.8. The number of benzene rings is 3. The van der Waals surface area contributed by atoms with Crippen LogP contribution in [0.2, 0.25) is 0 Å². The van der Waals surface area contributed by atoms with Crippen LogP contribution >= 0.6 is 0 Å². The fourth-order valence-electron chi connectivity index (χ4n) is 5.01. The van der Waals surface area contributed by atoms with Crippen LogP contribution in [0.25, 0.3) is 0 Å². The first-order chi connectivity index (χ1) is 22.7. The number of alkyl carbamates (subject to hydrolysis) is 1. The van der Waals surface area contributed by atoms with Gasteiger partial charge >= 0.3 is 6.09 Å². The van der Waals surface area contributed by atoms with Gasteiger partial charge in [-0.25, -0.2) is 4.79 Å². The number of carbonyl (C=O) groups is 4. The van der Waals surface area contributed by atoms with Crippen LogP contribution in [-0.2, 0) is 33.8 Å². The van der Waals surface area contributed by atoms with Crippen LogP contribution in [0.3, 0.4) is 0 Å². The highest BCUT2D eigenvalue weighted by atomic mass is 16.5. The monoisotopic (exact) mass is 639 g/mol. The van der Waals surface area contributed by atoms with E-state index in [1.54, 1.807) is 43.5 Å². The van der Waals surface area contributed by atoms with E-state index in [2.05, 4.69) is 16.0 Å². The Balaban J connectivity index is 1.55. The zero-order chi connectivity index (χ0) is 33.6. The number of ether oxygens (including phenoxy) is 2. The molecule has 3 atom stereocenters. The van der Waals surface area contributed by atoms with E-state index in [4.69, 9.17) is 13.9 Å². The minimum absolute atomic E-state index is 0.0236. The zero-order valence-corrected chi connectivity index (χ0v) is 26.8. The summed E-state index contributed by atoms with van der Waals surface area (Å²) in [7, 11) is 1.56. The number of hydrogen-bond acceptors (Lipinski definition) is 7. The Hall–Kier alpha value is -5.38. The lowest BCUT2D eigenvalue weighted by atomic mass is 9.97. The minimum Gasteiger partial charge on any atom is -0.497 e. The van der Waals surface area contributed by atoms with Gasteiger partial charge in [-0.1, -0.05) is 86.6 Å². The molecule has 10 heteroatoms. The van der Waals surface area contributed by atoms with Crippen molar-refractivity contribution in [1.29, 1.82) is 0 Å². The molecular formula is C37H41N3O7. The van der Waals surface area contributed by atoms with E-state index >= 15 is 0 Å². The first-order valence-electron chi connectivity index (χ1n) is 15.5. The molecule has 0 aliphatic rings. The molecule has 10 nitrogen and oxygen atoms in total. The van der Waals surface area contributed by atoms with E-state index < -0.39 is 36.0 Å². The average Bonchev–Trinajstić information content (AvgIpc) is 3.62. The van der Waals surface area contributed by atoms with Crippen molar-refractivity contribution >= 4 is 23.7 Å². The van der Waals surface area contributed by atoms with E-state index in [1.165, 1.54) is 6.26 Å². The molecule has 1 heterocycles. The lowest BCUT2D eigenvalue weighted by Crippen LogP contribution is -2.57. The van der Waals surface area contributed by atoms with Crippen molar-refractivity contribution in [2.45, 2.75) is 57.8 Å². The molecule has 3 N–H and O–H groups in total. The summed E-state index contributed by atoms with van der Waals surface area (Å²) in [5.41, 5.74) is 2.34. The third kappa shape index (κ3) is 10.9. The van der Waals surface area contributed by atoms with Crippen molar-refractivity contribution in [1.82, 2.24) is 16.0 Å². The average molecular weight is 640 g/mol. The van der Waals surface area contributed by atoms with Crippen molar-refractivity contribution in [3.05, 3.63) is 126 Å². The Labute approximate surface area is 274 Å². The van der Waals surface area contributed by atoms with Crippen molar-refractivity contribution in [3.8, 4) is 5.75 Å². The Morgan fingerprint density at radius 1 is 0.660 bits per heavy atom. The summed E-state index contributed by atoms with van der Waals surface area (Å²) >= 11 is 0. The lowest BCUT2D eigenvalue weighted by Gasteiger charge is -2.26. The molecule has 1 aromatic heterocycles. The number of methoxy groups -OCH3 is 1. The Bertz CT molecular complexity index is 1570. The number of Topliss-reactive ketones (excluding diaryl/α,β-unsaturated/α-hetero) is 1. The molecule has 246 valence electrons. The van der Waals surface area contributed by atoms with Crippen LogP contribution in [0.1, 0.15) is 47.5 Å². The second kappa shape index (κ2) is 17.4. The molecule has 0 bridgehead atoms. The van der Waals surface area contributed by atoms with E-state index in [0.29, 0.717) is 12.2 Å². The number of hydrogen-bond donors (Lipinski definition) is 3. The standard InChI is InChI=1S/C37H41N3O7/c1-25(2)21-30(34(41)33-15-10-20-46-33)38-35(42)31(23-27-16-18-29(45-3)19-17-27)39-36(43)32(22-26-11-6-4-7-12-26)40-37(44)47-24-28-13-8-5-9-14-28/h4-20,25,30-32H,21-24H2,1-3H3,(H,38,42)(H,39,43)(H,40,44)/t30-,31-,32-/m0/s1. The molecule has 0 unspecified atom stereocenters. The molecule has 0 saturated carbocycles. The number of amides is 3. The molecule has 3 amide bonds. The van der Waals surface area contributed by atoms with Crippen molar-refractivity contribution < 1.29 is 33.1 Å². The molecule has 0 spiro atoms. The van der Waals surface area contributed by atoms with Crippen LogP contribution in [0.4, 0.5) is 4.79 Å². The second-order valence-electron chi connectivity index (χ2n) is 11.6. The number of ketones is 1. The summed E-state index contributed by atoms with van der Waals surface area (Å²) in [5.74, 6) is -0.651. The lowest BCUT2D eigenvalue weighted by molar-refractivity contribution is -0.130. The highest BCUT2D eigenvalue weighted by molar-refractivity contribution is 6.01. The van der Waals surface area contributed by atoms with Crippen LogP contribution in [-0.4, -0.2) is 48.9 Å². The maximum Gasteiger partial charge on any atom is 0.408 e. The fraction of sp³-hybridized carbons (Fsp3) is 0.297. The van der Waals surface area contributed by atoms with Gasteiger partial charge in [0.25, 0.3) is 0 Å². The van der Waals surface area contributed by atoms with Crippen molar-refractivity contribution in [2.24, 2.45) is 5.92 Å². The molecule has 0 saturated heterocycles. The van der Waals surface area contributed by atoms with E-state index in [9.17, 15) is 19.2 Å². The third-order valence-electron chi connectivity index (χ3n) is 7.44. The van der Waals surface area contributed by atoms with Crippen LogP contribution in [0.15, 0.2) is 108 Å². The van der Waals surface area contributed by atoms with Gasteiger partial charge in [0, 0.05) is 12.8 Å². The smallest absolute Gasteiger partial charge is 0.408 e. The first-order valence-corrected chi connectivity index (χ1v) is 15.5. The molecule has 4 rings (SSSR count). The van der Waals surface area contributed by atoms with Crippen molar-refractivity contribution in [3.63, 3.8) is 0 Å². The van der Waals surface area contributed by atoms with Gasteiger partial charge in [-0.2, -0.15) is 0 Å². The van der Waals surface area contributed by atoms with E-state index in [1.807, 2.05) is 74.5 Å². The number of furan rings is 1. The second-order valence-corrected chi connectivity index (χ2v) is 11.6. The van der Waals surface area contributed by atoms with Gasteiger partial charge in [0.15, 0.2) is 5.76 Å². The highest BCUT2D eigenvalue weighted by Gasteiger charge is 2.31. The highest BCUT2D eigenvalue weighted by Crippen LogP contribution is 2.16. The number of carbonyl (C=O) groups excluding carboxylic acids is 4. The van der Waals surface area contributed by atoms with E-state index in [-0.39, 0.29) is 36.9 Å². The molecule has 4 aromatic rings. The molecule has 0 fully saturated rings. The largest absolute Gasteiger partial charge is 0.497 e. The van der Waals surface area contributed by atoms with E-state index in [0.717, 1.165) is 16.7 Å². The maximum absolute atomic E-state index is 13.9. The summed E-state index contributed by atoms with van der Waals surface area (Å²) in [5, 5.41) is 8.37. The molecule has 0 aliphatic carbocycles. The first kappa shape index (κ1) is 34.5. The van der Waals surface area contributed by atoms with Crippen molar-refractivity contribution in [2.75, 3.05) is 7.11 Å². The number of rotatable bonds is 16. The maximum atomic E-state index is 13.9. The van der Waals surface area contributed by atoms with Gasteiger partial charge in [0.05, 0.1) is 19.4 Å². The van der Waals surface area contributed by atoms with Gasteiger partial charge in [0.2, 0.25) is 17.6 Å². The summed E-state index contributed by atoms with van der Waals surface area (Å²) in [6.07, 6.45) is 1.25. The van der Waals surface area contributed by atoms with Gasteiger partial charge in [-0.15, -0.1) is 0 Å². The molecule has 3 aromatic carbocycles. The van der Waals surface area contributed by atoms with Gasteiger partial charge < -0.3 is 29.8 Å². The Morgan fingerprint density at radius 2 is 1.21 bits per heavy atom. The topological polar surface area (TPSA) is 136 Å². The Kier molecular flexibility index (Phi) is 12.7. The summed E-state index contributed by atoms with van der Waals surface area (Å²) in [4.78, 5) is 53.9. The minimum atomic E-state index is -1.09. The summed E-state index contributed by atoms with van der Waals surface area (Å²) < 4.78 is 16.0. The normalized spacial score (nSPS) is 12.8. The molecule has 47 heavy (non-hydrogen) atoms. The third-order valence-corrected chi connectivity index (χ3v) is 7.44. The summed E-state index contributed by atoms with van der Waals surface area (Å²) in [6.45, 7) is 3.92.